The van der Waals surface area contributed by atoms with Gasteiger partial charge in [0.05, 0.1) is 32.2 Å². The highest BCUT2D eigenvalue weighted by molar-refractivity contribution is 5.37. The highest BCUT2D eigenvalue weighted by Crippen LogP contribution is 2.67. The molecule has 2 unspecified atom stereocenters. The molecule has 1 aliphatic carbocycles. The largest absolute Gasteiger partial charge is 0.497 e. The molecule has 0 aromatic heterocycles. The van der Waals surface area contributed by atoms with Crippen molar-refractivity contribution in [3.05, 3.63) is 29.8 Å². The molecule has 1 aliphatic heterocycles. The summed E-state index contributed by atoms with van der Waals surface area (Å²) in [4.78, 5) is 0. The van der Waals surface area contributed by atoms with Gasteiger partial charge in [-0.2, -0.15) is 0 Å². The molecule has 19 heavy (non-hydrogen) atoms. The zero-order valence-electron chi connectivity index (χ0n) is 10.9. The molecule has 1 aromatic rings. The van der Waals surface area contributed by atoms with Gasteiger partial charge in [-0.15, -0.1) is 0 Å². The Labute approximate surface area is 110 Å². The molecule has 3 nitrogen and oxygen atoms in total. The van der Waals surface area contributed by atoms with Crippen molar-refractivity contribution in [2.45, 2.75) is 24.6 Å². The normalized spacial score (nSPS) is 31.2. The molecule has 0 bridgehead atoms. The monoisotopic (exact) mass is 270 g/mol. The van der Waals surface area contributed by atoms with Gasteiger partial charge in [-0.1, -0.05) is 12.1 Å². The van der Waals surface area contributed by atoms with E-state index in [1.165, 1.54) is 0 Å². The second-order valence-electron chi connectivity index (χ2n) is 5.12. The predicted molar refractivity (Wildman–Crippen MR) is 64.5 cm³/mol. The number of alkyl halides is 2. The van der Waals surface area contributed by atoms with Crippen LogP contribution in [0.15, 0.2) is 24.3 Å². The topological polar surface area (TPSA) is 27.7 Å². The lowest BCUT2D eigenvalue weighted by molar-refractivity contribution is -0.174. The van der Waals surface area contributed by atoms with E-state index in [2.05, 4.69) is 0 Å². The van der Waals surface area contributed by atoms with Gasteiger partial charge in [0.2, 0.25) is 0 Å². The molecule has 0 spiro atoms. The molecule has 1 aromatic carbocycles. The summed E-state index contributed by atoms with van der Waals surface area (Å²) >= 11 is 0. The van der Waals surface area contributed by atoms with Crippen LogP contribution in [0.3, 0.4) is 0 Å². The summed E-state index contributed by atoms with van der Waals surface area (Å²) in [7, 11) is 1.55. The number of rotatable bonds is 3. The highest BCUT2D eigenvalue weighted by atomic mass is 19.3. The zero-order chi connectivity index (χ0) is 13.7. The van der Waals surface area contributed by atoms with E-state index in [-0.39, 0.29) is 0 Å². The van der Waals surface area contributed by atoms with E-state index in [4.69, 9.17) is 14.2 Å². The molecular weight excluding hydrogens is 254 g/mol. The Hall–Kier alpha value is -1.20. The van der Waals surface area contributed by atoms with Gasteiger partial charge in [0.1, 0.15) is 5.75 Å². The first-order valence-corrected chi connectivity index (χ1v) is 6.29. The van der Waals surface area contributed by atoms with Crippen LogP contribution in [-0.4, -0.2) is 32.0 Å². The lowest BCUT2D eigenvalue weighted by Gasteiger charge is -2.22. The molecule has 2 atom stereocenters. The van der Waals surface area contributed by atoms with Gasteiger partial charge in [-0.05, 0) is 24.6 Å². The second-order valence-corrected chi connectivity index (χ2v) is 5.12. The average Bonchev–Trinajstić information content (AvgIpc) is 2.75. The van der Waals surface area contributed by atoms with Gasteiger partial charge in [-0.3, -0.25) is 0 Å². The maximum Gasteiger partial charge on any atom is 0.264 e. The van der Waals surface area contributed by atoms with E-state index < -0.39 is 23.5 Å². The number of hydrogen-bond donors (Lipinski definition) is 0. The quantitative estimate of drug-likeness (QED) is 0.845. The van der Waals surface area contributed by atoms with Crippen LogP contribution in [0.25, 0.3) is 0 Å². The SMILES string of the molecule is COc1ccc(C2C(C3(C)OCCO3)C2(F)F)cc1. The molecule has 0 radical (unpaired) electrons. The third kappa shape index (κ3) is 1.92. The van der Waals surface area contributed by atoms with E-state index in [0.717, 1.165) is 0 Å². The fourth-order valence-electron chi connectivity index (χ4n) is 2.91. The number of halogens is 2. The molecule has 2 fully saturated rings. The molecule has 5 heteroatoms. The Bertz CT molecular complexity index is 466. The highest BCUT2D eigenvalue weighted by Gasteiger charge is 2.76. The van der Waals surface area contributed by atoms with Crippen LogP contribution >= 0.6 is 0 Å². The molecule has 1 saturated heterocycles. The summed E-state index contributed by atoms with van der Waals surface area (Å²) in [5.41, 5.74) is 0.594. The van der Waals surface area contributed by atoms with Crippen LogP contribution in [0.2, 0.25) is 0 Å². The number of ether oxygens (including phenoxy) is 3. The van der Waals surface area contributed by atoms with Crippen molar-refractivity contribution in [1.29, 1.82) is 0 Å². The van der Waals surface area contributed by atoms with Crippen molar-refractivity contribution in [3.63, 3.8) is 0 Å². The minimum Gasteiger partial charge on any atom is -0.497 e. The molecule has 0 amide bonds. The van der Waals surface area contributed by atoms with Crippen molar-refractivity contribution in [1.82, 2.24) is 0 Å². The van der Waals surface area contributed by atoms with E-state index >= 15 is 0 Å². The van der Waals surface area contributed by atoms with E-state index in [1.807, 2.05) is 0 Å². The molecule has 1 saturated carbocycles. The lowest BCUT2D eigenvalue weighted by Crippen LogP contribution is -2.31. The summed E-state index contributed by atoms with van der Waals surface area (Å²) in [6.45, 7) is 2.35. The smallest absolute Gasteiger partial charge is 0.264 e. The first kappa shape index (κ1) is 12.8. The molecule has 0 N–H and O–H groups in total. The van der Waals surface area contributed by atoms with Crippen molar-refractivity contribution in [2.75, 3.05) is 20.3 Å². The van der Waals surface area contributed by atoms with E-state index in [1.54, 1.807) is 38.3 Å². The molecule has 3 rings (SSSR count). The van der Waals surface area contributed by atoms with Crippen LogP contribution in [0.4, 0.5) is 8.78 Å². The van der Waals surface area contributed by atoms with Gasteiger partial charge in [0.25, 0.3) is 5.92 Å². The Kier molecular flexibility index (Phi) is 2.80. The summed E-state index contributed by atoms with van der Waals surface area (Å²) in [5, 5.41) is 0. The van der Waals surface area contributed by atoms with Gasteiger partial charge in [0.15, 0.2) is 5.79 Å². The third-order valence-electron chi connectivity index (χ3n) is 3.95. The number of methoxy groups -OCH3 is 1. The average molecular weight is 270 g/mol. The lowest BCUT2D eigenvalue weighted by atomic mass is 10.1. The van der Waals surface area contributed by atoms with Crippen LogP contribution in [0, 0.1) is 5.92 Å². The molecule has 104 valence electrons. The van der Waals surface area contributed by atoms with Crippen molar-refractivity contribution >= 4 is 0 Å². The number of benzene rings is 1. The second kappa shape index (κ2) is 4.15. The number of hydrogen-bond acceptors (Lipinski definition) is 3. The van der Waals surface area contributed by atoms with Gasteiger partial charge >= 0.3 is 0 Å². The van der Waals surface area contributed by atoms with Crippen molar-refractivity contribution in [2.24, 2.45) is 5.92 Å². The predicted octanol–water partition coefficient (Wildman–Crippen LogP) is 2.81. The van der Waals surface area contributed by atoms with Crippen molar-refractivity contribution in [3.8, 4) is 5.75 Å². The first-order valence-electron chi connectivity index (χ1n) is 6.29. The first-order chi connectivity index (χ1) is 8.99. The summed E-state index contributed by atoms with van der Waals surface area (Å²) in [6.07, 6.45) is 0. The Balaban J connectivity index is 1.84. The Morgan fingerprint density at radius 3 is 2.26 bits per heavy atom. The van der Waals surface area contributed by atoms with Gasteiger partial charge in [0, 0.05) is 0 Å². The molecule has 2 aliphatic rings. The summed E-state index contributed by atoms with van der Waals surface area (Å²) in [6, 6.07) is 6.74. The van der Waals surface area contributed by atoms with Gasteiger partial charge < -0.3 is 14.2 Å². The molecular formula is C14H16F2O3. The molecule has 1 heterocycles. The Morgan fingerprint density at radius 1 is 1.16 bits per heavy atom. The zero-order valence-corrected chi connectivity index (χ0v) is 10.9. The van der Waals surface area contributed by atoms with Crippen LogP contribution < -0.4 is 4.74 Å². The summed E-state index contributed by atoms with van der Waals surface area (Å²) < 4.78 is 43.8. The minimum absolute atomic E-state index is 0.373. The van der Waals surface area contributed by atoms with E-state index in [0.29, 0.717) is 24.5 Å². The van der Waals surface area contributed by atoms with Crippen LogP contribution in [0.1, 0.15) is 18.4 Å². The Morgan fingerprint density at radius 2 is 1.74 bits per heavy atom. The third-order valence-corrected chi connectivity index (χ3v) is 3.95. The van der Waals surface area contributed by atoms with E-state index in [9.17, 15) is 8.78 Å². The summed E-state index contributed by atoms with van der Waals surface area (Å²) in [5.74, 6) is -5.07. The minimum atomic E-state index is -2.78. The standard InChI is InChI=1S/C14H16F2O3/c1-13(18-7-8-19-13)12-11(14(12,15)16)9-3-5-10(17-2)6-4-9/h3-6,11-12H,7-8H2,1-2H3. The van der Waals surface area contributed by atoms with Crippen molar-refractivity contribution < 1.29 is 23.0 Å². The maximum absolute atomic E-state index is 14.0. The van der Waals surface area contributed by atoms with Gasteiger partial charge in [-0.25, -0.2) is 8.78 Å². The fraction of sp³-hybridized carbons (Fsp3) is 0.571. The fourth-order valence-corrected chi connectivity index (χ4v) is 2.91. The maximum atomic E-state index is 14.0. The van der Waals surface area contributed by atoms with Crippen LogP contribution in [0.5, 0.6) is 5.75 Å². The van der Waals surface area contributed by atoms with Crippen LogP contribution in [-0.2, 0) is 9.47 Å².